The van der Waals surface area contributed by atoms with E-state index in [0.717, 1.165) is 22.7 Å². The van der Waals surface area contributed by atoms with E-state index < -0.39 is 10.0 Å². The number of ether oxygens (including phenoxy) is 1. The van der Waals surface area contributed by atoms with Crippen molar-refractivity contribution < 1.29 is 13.2 Å². The molecule has 3 rings (SSSR count). The van der Waals surface area contributed by atoms with Crippen LogP contribution in [0.5, 0.6) is 5.75 Å². The first kappa shape index (κ1) is 19.8. The van der Waals surface area contributed by atoms with Crippen LogP contribution in [-0.4, -0.2) is 20.8 Å². The van der Waals surface area contributed by atoms with Crippen molar-refractivity contribution in [1.82, 2.24) is 0 Å². The standard InChI is InChI=1S/C22H24N2O3S/c1-2-27-22-11-7-6-10-21(22)23-19-12-14-20(15-13-19)24-28(25,26)17-16-18-8-4-3-5-9-18/h3-15,23-24H,2,16-17H2,1H3. The van der Waals surface area contributed by atoms with Gasteiger partial charge in [0.05, 0.1) is 18.0 Å². The number of aryl methyl sites for hydroxylation is 1. The minimum Gasteiger partial charge on any atom is -0.492 e. The number of hydrogen-bond donors (Lipinski definition) is 2. The maximum absolute atomic E-state index is 12.3. The predicted octanol–water partition coefficient (Wildman–Crippen LogP) is 4.81. The third-order valence-corrected chi connectivity index (χ3v) is 5.41. The zero-order valence-electron chi connectivity index (χ0n) is 15.8. The molecule has 2 N–H and O–H groups in total. The quantitative estimate of drug-likeness (QED) is 0.544. The Balaban J connectivity index is 1.61. The van der Waals surface area contributed by atoms with Crippen LogP contribution in [0.2, 0.25) is 0 Å². The van der Waals surface area contributed by atoms with Crippen molar-refractivity contribution in [2.45, 2.75) is 13.3 Å². The Morgan fingerprint density at radius 2 is 1.46 bits per heavy atom. The summed E-state index contributed by atoms with van der Waals surface area (Å²) in [5, 5.41) is 3.29. The molecule has 28 heavy (non-hydrogen) atoms. The molecule has 3 aromatic carbocycles. The molecule has 0 aliphatic carbocycles. The number of hydrogen-bond acceptors (Lipinski definition) is 4. The van der Waals surface area contributed by atoms with E-state index in [4.69, 9.17) is 4.74 Å². The summed E-state index contributed by atoms with van der Waals surface area (Å²) in [6.07, 6.45) is 0.476. The van der Waals surface area contributed by atoms with Gasteiger partial charge in [0, 0.05) is 11.4 Å². The van der Waals surface area contributed by atoms with Gasteiger partial charge in [-0.1, -0.05) is 42.5 Å². The van der Waals surface area contributed by atoms with Crippen LogP contribution in [0, 0.1) is 0 Å². The van der Waals surface area contributed by atoms with Crippen molar-refractivity contribution in [2.24, 2.45) is 0 Å². The highest BCUT2D eigenvalue weighted by atomic mass is 32.2. The van der Waals surface area contributed by atoms with Crippen LogP contribution in [-0.2, 0) is 16.4 Å². The van der Waals surface area contributed by atoms with Crippen molar-refractivity contribution >= 4 is 27.1 Å². The molecule has 6 heteroatoms. The molecule has 0 amide bonds. The lowest BCUT2D eigenvalue weighted by atomic mass is 10.2. The van der Waals surface area contributed by atoms with Crippen LogP contribution in [0.25, 0.3) is 0 Å². The molecule has 0 atom stereocenters. The zero-order valence-corrected chi connectivity index (χ0v) is 16.6. The van der Waals surface area contributed by atoms with Crippen molar-refractivity contribution in [2.75, 3.05) is 22.4 Å². The Labute approximate surface area is 166 Å². The second kappa shape index (κ2) is 9.28. The van der Waals surface area contributed by atoms with Crippen molar-refractivity contribution in [3.8, 4) is 5.75 Å². The van der Waals surface area contributed by atoms with Crippen LogP contribution >= 0.6 is 0 Å². The van der Waals surface area contributed by atoms with E-state index in [2.05, 4.69) is 10.0 Å². The Morgan fingerprint density at radius 1 is 0.821 bits per heavy atom. The van der Waals surface area contributed by atoms with E-state index in [1.54, 1.807) is 12.1 Å². The van der Waals surface area contributed by atoms with Gasteiger partial charge in [0.25, 0.3) is 0 Å². The largest absolute Gasteiger partial charge is 0.492 e. The number of benzene rings is 3. The molecular formula is C22H24N2O3S. The number of nitrogens with one attached hydrogen (secondary N) is 2. The predicted molar refractivity (Wildman–Crippen MR) is 115 cm³/mol. The van der Waals surface area contributed by atoms with Crippen molar-refractivity contribution in [3.05, 3.63) is 84.4 Å². The first-order valence-corrected chi connectivity index (χ1v) is 10.8. The van der Waals surface area contributed by atoms with E-state index in [0.29, 0.717) is 18.7 Å². The minimum atomic E-state index is -3.41. The molecule has 0 fully saturated rings. The van der Waals surface area contributed by atoms with E-state index >= 15 is 0 Å². The molecule has 0 aliphatic rings. The molecule has 0 saturated carbocycles. The third-order valence-electron chi connectivity index (χ3n) is 4.13. The molecule has 0 radical (unpaired) electrons. The fraction of sp³-hybridized carbons (Fsp3) is 0.182. The number of para-hydroxylation sites is 2. The lowest BCUT2D eigenvalue weighted by Gasteiger charge is -2.13. The summed E-state index contributed by atoms with van der Waals surface area (Å²) in [5.74, 6) is 0.814. The fourth-order valence-corrected chi connectivity index (χ4v) is 3.86. The third kappa shape index (κ3) is 5.76. The summed E-state index contributed by atoms with van der Waals surface area (Å²) in [7, 11) is -3.41. The van der Waals surface area contributed by atoms with E-state index in [1.165, 1.54) is 0 Å². The first-order chi connectivity index (χ1) is 13.6. The van der Waals surface area contributed by atoms with Gasteiger partial charge in [-0.2, -0.15) is 0 Å². The fourth-order valence-electron chi connectivity index (χ4n) is 2.76. The SMILES string of the molecule is CCOc1ccccc1Nc1ccc(NS(=O)(=O)CCc2ccccc2)cc1. The second-order valence-corrected chi connectivity index (χ2v) is 8.13. The zero-order chi connectivity index (χ0) is 19.8. The average molecular weight is 397 g/mol. The van der Waals surface area contributed by atoms with Gasteiger partial charge in [0.2, 0.25) is 10.0 Å². The molecule has 0 bridgehead atoms. The molecule has 146 valence electrons. The minimum absolute atomic E-state index is 0.0404. The molecule has 0 aliphatic heterocycles. The van der Waals surface area contributed by atoms with Gasteiger partial charge in [-0.15, -0.1) is 0 Å². The van der Waals surface area contributed by atoms with Gasteiger partial charge in [0.1, 0.15) is 5.75 Å². The van der Waals surface area contributed by atoms with Gasteiger partial charge in [-0.25, -0.2) is 8.42 Å². The Hall–Kier alpha value is -2.99. The summed E-state index contributed by atoms with van der Waals surface area (Å²) >= 11 is 0. The lowest BCUT2D eigenvalue weighted by molar-refractivity contribution is 0.342. The Bertz CT molecular complexity index is 988. The van der Waals surface area contributed by atoms with Crippen LogP contribution in [0.15, 0.2) is 78.9 Å². The van der Waals surface area contributed by atoms with Crippen LogP contribution in [0.1, 0.15) is 12.5 Å². The Morgan fingerprint density at radius 3 is 2.18 bits per heavy atom. The monoisotopic (exact) mass is 396 g/mol. The molecule has 0 spiro atoms. The second-order valence-electron chi connectivity index (χ2n) is 6.29. The topological polar surface area (TPSA) is 67.4 Å². The summed E-state index contributed by atoms with van der Waals surface area (Å²) in [6.45, 7) is 2.53. The highest BCUT2D eigenvalue weighted by Crippen LogP contribution is 2.28. The smallest absolute Gasteiger partial charge is 0.233 e. The molecular weight excluding hydrogens is 372 g/mol. The maximum Gasteiger partial charge on any atom is 0.233 e. The normalized spacial score (nSPS) is 11.0. The van der Waals surface area contributed by atoms with E-state index in [9.17, 15) is 8.42 Å². The molecule has 0 heterocycles. The summed E-state index contributed by atoms with van der Waals surface area (Å²) in [5.41, 5.74) is 3.25. The first-order valence-electron chi connectivity index (χ1n) is 9.19. The van der Waals surface area contributed by atoms with Gasteiger partial charge < -0.3 is 10.1 Å². The number of rotatable bonds is 9. The number of sulfonamides is 1. The highest BCUT2D eigenvalue weighted by molar-refractivity contribution is 7.92. The van der Waals surface area contributed by atoms with Gasteiger partial charge in [-0.05, 0) is 55.3 Å². The van der Waals surface area contributed by atoms with Gasteiger partial charge in [-0.3, -0.25) is 4.72 Å². The molecule has 0 saturated heterocycles. The van der Waals surface area contributed by atoms with Crippen LogP contribution < -0.4 is 14.8 Å². The highest BCUT2D eigenvalue weighted by Gasteiger charge is 2.11. The molecule has 5 nitrogen and oxygen atoms in total. The van der Waals surface area contributed by atoms with Crippen LogP contribution in [0.4, 0.5) is 17.1 Å². The van der Waals surface area contributed by atoms with Crippen molar-refractivity contribution in [1.29, 1.82) is 0 Å². The Kier molecular flexibility index (Phi) is 6.55. The van der Waals surface area contributed by atoms with Gasteiger partial charge >= 0.3 is 0 Å². The van der Waals surface area contributed by atoms with Crippen molar-refractivity contribution in [3.63, 3.8) is 0 Å². The maximum atomic E-state index is 12.3. The average Bonchev–Trinajstić information content (AvgIpc) is 2.70. The summed E-state index contributed by atoms with van der Waals surface area (Å²) in [4.78, 5) is 0. The lowest BCUT2D eigenvalue weighted by Crippen LogP contribution is -2.18. The molecule has 3 aromatic rings. The summed E-state index contributed by atoms with van der Waals surface area (Å²) < 4.78 is 32.9. The van der Waals surface area contributed by atoms with E-state index in [1.807, 2.05) is 73.7 Å². The number of anilines is 3. The van der Waals surface area contributed by atoms with Crippen LogP contribution in [0.3, 0.4) is 0 Å². The van der Waals surface area contributed by atoms with E-state index in [-0.39, 0.29) is 5.75 Å². The molecule has 0 aromatic heterocycles. The summed E-state index contributed by atoms with van der Waals surface area (Å²) in [6, 6.07) is 24.4. The molecule has 0 unspecified atom stereocenters. The van der Waals surface area contributed by atoms with Gasteiger partial charge in [0.15, 0.2) is 0 Å².